The van der Waals surface area contributed by atoms with Crippen LogP contribution in [0.3, 0.4) is 0 Å². The summed E-state index contributed by atoms with van der Waals surface area (Å²) in [7, 11) is 0. The molecule has 23 heavy (non-hydrogen) atoms. The molecule has 1 aromatic carbocycles. The van der Waals surface area contributed by atoms with Crippen LogP contribution in [0.2, 0.25) is 5.02 Å². The largest absolute Gasteiger partial charge is 0.480 e. The summed E-state index contributed by atoms with van der Waals surface area (Å²) in [6.07, 6.45) is 2.27. The Hall–Kier alpha value is -2.01. The van der Waals surface area contributed by atoms with Crippen LogP contribution in [0.1, 0.15) is 44.0 Å². The molecule has 1 aliphatic rings. The van der Waals surface area contributed by atoms with Crippen molar-refractivity contribution in [1.82, 2.24) is 9.13 Å². The molecule has 1 atom stereocenters. The molecule has 6 heteroatoms. The molecular weight excluding hydrogens is 316 g/mol. The second-order valence-corrected chi connectivity index (χ2v) is 6.39. The van der Waals surface area contributed by atoms with Gasteiger partial charge in [0.25, 0.3) is 0 Å². The molecule has 1 saturated carbocycles. The Morgan fingerprint density at radius 1 is 1.35 bits per heavy atom. The zero-order valence-electron chi connectivity index (χ0n) is 13.1. The van der Waals surface area contributed by atoms with Gasteiger partial charge < -0.3 is 5.11 Å². The summed E-state index contributed by atoms with van der Waals surface area (Å²) in [5.74, 6) is -0.978. The third kappa shape index (κ3) is 2.70. The van der Waals surface area contributed by atoms with Gasteiger partial charge in [0.2, 0.25) is 0 Å². The standard InChI is InChI=1S/C17H19ClN2O3/c1-3-14(16(21)22)19-10(2)15(11-4-6-12(18)7-5-11)20(17(19)23)13-8-9-13/h4-7,13-14H,3,8-9H2,1-2H3,(H,21,22). The van der Waals surface area contributed by atoms with Crippen LogP contribution in [0.5, 0.6) is 0 Å². The molecule has 3 rings (SSSR count). The summed E-state index contributed by atoms with van der Waals surface area (Å²) >= 11 is 5.95. The first-order valence-corrected chi connectivity index (χ1v) is 8.15. The fourth-order valence-corrected chi connectivity index (χ4v) is 3.23. The second kappa shape index (κ2) is 5.89. The minimum absolute atomic E-state index is 0.166. The SMILES string of the molecule is CCC(C(=O)O)n1c(C)c(-c2ccc(Cl)cc2)n(C2CC2)c1=O. The van der Waals surface area contributed by atoms with E-state index in [0.717, 1.165) is 24.1 Å². The van der Waals surface area contributed by atoms with Crippen LogP contribution >= 0.6 is 11.6 Å². The molecule has 0 aliphatic heterocycles. The van der Waals surface area contributed by atoms with Gasteiger partial charge in [-0.25, -0.2) is 9.59 Å². The summed E-state index contributed by atoms with van der Waals surface area (Å²) in [5.41, 5.74) is 2.14. The van der Waals surface area contributed by atoms with E-state index >= 15 is 0 Å². The van der Waals surface area contributed by atoms with Gasteiger partial charge in [0.05, 0.1) is 5.69 Å². The Morgan fingerprint density at radius 3 is 2.43 bits per heavy atom. The maximum Gasteiger partial charge on any atom is 0.329 e. The van der Waals surface area contributed by atoms with Crippen LogP contribution in [-0.4, -0.2) is 20.2 Å². The van der Waals surface area contributed by atoms with E-state index in [1.54, 1.807) is 23.6 Å². The van der Waals surface area contributed by atoms with E-state index in [2.05, 4.69) is 0 Å². The smallest absolute Gasteiger partial charge is 0.329 e. The number of hydrogen-bond donors (Lipinski definition) is 1. The average molecular weight is 335 g/mol. The molecule has 1 aliphatic carbocycles. The molecule has 1 fully saturated rings. The van der Waals surface area contributed by atoms with Gasteiger partial charge in [-0.1, -0.05) is 30.7 Å². The fraction of sp³-hybridized carbons (Fsp3) is 0.412. The number of carbonyl (C=O) groups is 1. The van der Waals surface area contributed by atoms with E-state index in [-0.39, 0.29) is 11.7 Å². The molecule has 1 unspecified atom stereocenters. The molecule has 0 amide bonds. The summed E-state index contributed by atoms with van der Waals surface area (Å²) in [6.45, 7) is 3.59. The van der Waals surface area contributed by atoms with Crippen LogP contribution in [0.25, 0.3) is 11.3 Å². The van der Waals surface area contributed by atoms with Crippen LogP contribution in [0.15, 0.2) is 29.1 Å². The summed E-state index contributed by atoms with van der Waals surface area (Å²) in [6, 6.07) is 6.63. The highest BCUT2D eigenvalue weighted by molar-refractivity contribution is 6.30. The maximum atomic E-state index is 12.9. The summed E-state index contributed by atoms with van der Waals surface area (Å²) in [5, 5.41) is 10.1. The first-order chi connectivity index (χ1) is 11.0. The van der Waals surface area contributed by atoms with Gasteiger partial charge in [-0.05, 0) is 38.3 Å². The number of hydrogen-bond acceptors (Lipinski definition) is 2. The second-order valence-electron chi connectivity index (χ2n) is 5.96. The van der Waals surface area contributed by atoms with E-state index < -0.39 is 12.0 Å². The van der Waals surface area contributed by atoms with Crippen molar-refractivity contribution in [2.75, 3.05) is 0 Å². The molecule has 1 aromatic heterocycles. The Kier molecular flexibility index (Phi) is 4.06. The van der Waals surface area contributed by atoms with Crippen molar-refractivity contribution in [1.29, 1.82) is 0 Å². The number of nitrogens with zero attached hydrogens (tertiary/aromatic N) is 2. The minimum Gasteiger partial charge on any atom is -0.480 e. The first-order valence-electron chi connectivity index (χ1n) is 7.77. The highest BCUT2D eigenvalue weighted by atomic mass is 35.5. The van der Waals surface area contributed by atoms with E-state index in [4.69, 9.17) is 11.6 Å². The summed E-state index contributed by atoms with van der Waals surface area (Å²) < 4.78 is 3.18. The molecule has 2 aromatic rings. The van der Waals surface area contributed by atoms with Crippen molar-refractivity contribution in [3.8, 4) is 11.3 Å². The third-order valence-electron chi connectivity index (χ3n) is 4.37. The van der Waals surface area contributed by atoms with E-state index in [9.17, 15) is 14.7 Å². The fourth-order valence-electron chi connectivity index (χ4n) is 3.11. The number of benzene rings is 1. The van der Waals surface area contributed by atoms with Gasteiger partial charge in [-0.3, -0.25) is 9.13 Å². The quantitative estimate of drug-likeness (QED) is 0.907. The number of imidazole rings is 1. The van der Waals surface area contributed by atoms with Crippen molar-refractivity contribution in [2.45, 2.75) is 45.2 Å². The lowest BCUT2D eigenvalue weighted by molar-refractivity contribution is -0.141. The van der Waals surface area contributed by atoms with Crippen molar-refractivity contribution < 1.29 is 9.90 Å². The van der Waals surface area contributed by atoms with Crippen molar-refractivity contribution in [2.24, 2.45) is 0 Å². The number of carboxylic acids is 1. The van der Waals surface area contributed by atoms with E-state index in [0.29, 0.717) is 17.1 Å². The van der Waals surface area contributed by atoms with Crippen molar-refractivity contribution >= 4 is 17.6 Å². The molecular formula is C17H19ClN2O3. The number of rotatable bonds is 5. The Balaban J connectivity index is 2.25. The van der Waals surface area contributed by atoms with Gasteiger partial charge in [-0.2, -0.15) is 0 Å². The summed E-state index contributed by atoms with van der Waals surface area (Å²) in [4.78, 5) is 24.4. The van der Waals surface area contributed by atoms with E-state index in [1.165, 1.54) is 4.57 Å². The van der Waals surface area contributed by atoms with Gasteiger partial charge in [0.15, 0.2) is 0 Å². The molecule has 1 N–H and O–H groups in total. The molecule has 0 bridgehead atoms. The molecule has 5 nitrogen and oxygen atoms in total. The number of halogens is 1. The predicted molar refractivity (Wildman–Crippen MR) is 89.1 cm³/mol. The normalized spacial score (nSPS) is 15.6. The lowest BCUT2D eigenvalue weighted by Crippen LogP contribution is -2.31. The molecule has 122 valence electrons. The van der Waals surface area contributed by atoms with Crippen molar-refractivity contribution in [3.05, 3.63) is 45.5 Å². The average Bonchev–Trinajstić information content (AvgIpc) is 3.30. The van der Waals surface area contributed by atoms with Crippen LogP contribution < -0.4 is 5.69 Å². The Labute approximate surface area is 139 Å². The molecule has 0 spiro atoms. The van der Waals surface area contributed by atoms with Crippen LogP contribution in [-0.2, 0) is 4.79 Å². The van der Waals surface area contributed by atoms with E-state index in [1.807, 2.05) is 19.1 Å². The van der Waals surface area contributed by atoms with Gasteiger partial charge in [-0.15, -0.1) is 0 Å². The highest BCUT2D eigenvalue weighted by Crippen LogP contribution is 2.39. The van der Waals surface area contributed by atoms with Gasteiger partial charge >= 0.3 is 11.7 Å². The Bertz CT molecular complexity index is 800. The van der Waals surface area contributed by atoms with Gasteiger partial charge in [0, 0.05) is 22.3 Å². The maximum absolute atomic E-state index is 12.9. The van der Waals surface area contributed by atoms with Gasteiger partial charge in [0.1, 0.15) is 6.04 Å². The first kappa shape index (κ1) is 15.9. The lowest BCUT2D eigenvalue weighted by Gasteiger charge is -2.12. The highest BCUT2D eigenvalue weighted by Gasteiger charge is 2.33. The van der Waals surface area contributed by atoms with Crippen LogP contribution in [0, 0.1) is 6.92 Å². The lowest BCUT2D eigenvalue weighted by atomic mass is 10.1. The predicted octanol–water partition coefficient (Wildman–Crippen LogP) is 3.65. The molecule has 0 radical (unpaired) electrons. The zero-order chi connectivity index (χ0) is 16.7. The third-order valence-corrected chi connectivity index (χ3v) is 4.62. The number of aromatic nitrogens is 2. The number of carboxylic acid groups (broad SMARTS) is 1. The molecule has 0 saturated heterocycles. The zero-order valence-corrected chi connectivity index (χ0v) is 13.9. The van der Waals surface area contributed by atoms with Crippen LogP contribution in [0.4, 0.5) is 0 Å². The van der Waals surface area contributed by atoms with Crippen molar-refractivity contribution in [3.63, 3.8) is 0 Å². The number of aliphatic carboxylic acids is 1. The Morgan fingerprint density at radius 2 is 1.96 bits per heavy atom. The molecule has 1 heterocycles. The minimum atomic E-state index is -0.978. The topological polar surface area (TPSA) is 64.2 Å². The monoisotopic (exact) mass is 334 g/mol.